The maximum Gasteiger partial charge on any atom is 0.234 e. The molecule has 0 aliphatic rings. The van der Waals surface area contributed by atoms with Gasteiger partial charge < -0.3 is 0 Å². The zero-order valence-corrected chi connectivity index (χ0v) is 20.4. The van der Waals surface area contributed by atoms with E-state index in [0.717, 1.165) is 32.1 Å². The van der Waals surface area contributed by atoms with Gasteiger partial charge in [-0.05, 0) is 44.6 Å². The summed E-state index contributed by atoms with van der Waals surface area (Å²) in [6.45, 7) is 2.13. The highest BCUT2D eigenvalue weighted by atomic mass is 32.2. The molecule has 0 aromatic carbocycles. The van der Waals surface area contributed by atoms with Gasteiger partial charge in [-0.2, -0.15) is 0 Å². The maximum absolute atomic E-state index is 11.8. The summed E-state index contributed by atoms with van der Waals surface area (Å²) >= 11 is 0. The number of amides is 1. The largest absolute Gasteiger partial charge is 0.295 e. The molecule has 0 fully saturated rings. The number of carbonyl (C=O) groups is 2. The number of allylic oxidation sites excluding steroid dienone is 12. The Kier molecular flexibility index (Phi) is 19.1. The predicted molar refractivity (Wildman–Crippen MR) is 138 cm³/mol. The lowest BCUT2D eigenvalue weighted by atomic mass is 10.2. The van der Waals surface area contributed by atoms with E-state index in [1.807, 2.05) is 10.8 Å². The van der Waals surface area contributed by atoms with E-state index in [1.165, 1.54) is 6.08 Å². The minimum absolute atomic E-state index is 0.0487. The number of terminal acetylenes is 1. The van der Waals surface area contributed by atoms with E-state index in [0.29, 0.717) is 6.42 Å². The molecule has 0 saturated carbocycles. The van der Waals surface area contributed by atoms with Crippen LogP contribution in [-0.2, 0) is 19.6 Å². The number of ketones is 1. The fourth-order valence-electron chi connectivity index (χ4n) is 2.43. The van der Waals surface area contributed by atoms with Crippen LogP contribution in [0.3, 0.4) is 0 Å². The third-order valence-corrected chi connectivity index (χ3v) is 5.49. The number of hydrogen-bond donors (Lipinski definition) is 1. The smallest absolute Gasteiger partial charge is 0.234 e. The summed E-state index contributed by atoms with van der Waals surface area (Å²) in [5.41, 5.74) is 0. The molecule has 33 heavy (non-hydrogen) atoms. The number of hydrogen-bond acceptors (Lipinski definition) is 4. The lowest BCUT2D eigenvalue weighted by molar-refractivity contribution is -0.122. The zero-order valence-electron chi connectivity index (χ0n) is 19.6. The fraction of sp³-hybridized carbons (Fsp3) is 0.407. The van der Waals surface area contributed by atoms with E-state index < -0.39 is 15.9 Å². The summed E-state index contributed by atoms with van der Waals surface area (Å²) in [4.78, 5) is 23.5. The number of sulfonamides is 1. The molecule has 0 unspecified atom stereocenters. The highest BCUT2D eigenvalue weighted by Crippen LogP contribution is 1.99. The van der Waals surface area contributed by atoms with Gasteiger partial charge in [-0.3, -0.25) is 14.3 Å². The molecular formula is C27H37NO4S. The van der Waals surface area contributed by atoms with E-state index in [2.05, 4.69) is 61.5 Å². The van der Waals surface area contributed by atoms with Crippen LogP contribution in [0, 0.1) is 12.3 Å². The Bertz CT molecular complexity index is 882. The van der Waals surface area contributed by atoms with Gasteiger partial charge in [0, 0.05) is 19.3 Å². The number of carbonyl (C=O) groups excluding carboxylic acids is 2. The van der Waals surface area contributed by atoms with E-state index in [1.54, 1.807) is 12.2 Å². The van der Waals surface area contributed by atoms with E-state index in [4.69, 9.17) is 6.42 Å². The molecule has 0 radical (unpaired) electrons. The van der Waals surface area contributed by atoms with Crippen LogP contribution in [0.2, 0.25) is 0 Å². The normalized spacial score (nSPS) is 12.7. The first kappa shape index (κ1) is 30.1. The Morgan fingerprint density at radius 3 is 1.91 bits per heavy atom. The molecule has 0 rings (SSSR count). The second-order valence-corrected chi connectivity index (χ2v) is 8.98. The molecule has 180 valence electrons. The molecule has 0 aliphatic heterocycles. The van der Waals surface area contributed by atoms with Crippen molar-refractivity contribution in [1.82, 2.24) is 4.72 Å². The Balaban J connectivity index is 3.94. The summed E-state index contributed by atoms with van der Waals surface area (Å²) < 4.78 is 25.3. The maximum atomic E-state index is 11.8. The van der Waals surface area contributed by atoms with Crippen molar-refractivity contribution in [3.63, 3.8) is 0 Å². The molecule has 0 heterocycles. The second kappa shape index (κ2) is 21.0. The Morgan fingerprint density at radius 2 is 1.36 bits per heavy atom. The first-order chi connectivity index (χ1) is 15.9. The summed E-state index contributed by atoms with van der Waals surface area (Å²) in [5.74, 6) is 1.21. The Morgan fingerprint density at radius 1 is 0.818 bits per heavy atom. The van der Waals surface area contributed by atoms with Crippen LogP contribution in [0.4, 0.5) is 0 Å². The molecule has 0 bridgehead atoms. The van der Waals surface area contributed by atoms with Gasteiger partial charge in [-0.15, -0.1) is 12.3 Å². The van der Waals surface area contributed by atoms with Crippen LogP contribution < -0.4 is 4.72 Å². The lowest BCUT2D eigenvalue weighted by Crippen LogP contribution is -2.32. The third kappa shape index (κ3) is 22.1. The standard InChI is InChI=1S/C27H37NO4S/c1-3-5-7-8-9-10-11-12-13-14-15-16-17-18-19-20-22-26(29)23-24-27(30)28-33(31,32)25-21-6-4-2/h2,5,7,9-10,12-13,15-16,18-20,22H,3,6,8,11,14,17,21,23-25H2,1H3,(H,28,30)/b7-5-,10-9-,13-12-,16-15-,19-18-,22-20+. The zero-order chi connectivity index (χ0) is 24.6. The molecule has 1 amide bonds. The molecule has 0 saturated heterocycles. The van der Waals surface area contributed by atoms with Gasteiger partial charge in [0.2, 0.25) is 15.9 Å². The van der Waals surface area contributed by atoms with E-state index >= 15 is 0 Å². The van der Waals surface area contributed by atoms with Crippen LogP contribution in [0.25, 0.3) is 0 Å². The first-order valence-electron chi connectivity index (χ1n) is 11.3. The fourth-order valence-corrected chi connectivity index (χ4v) is 3.51. The molecule has 0 aromatic heterocycles. The molecule has 0 atom stereocenters. The van der Waals surface area contributed by atoms with Crippen molar-refractivity contribution in [3.8, 4) is 12.3 Å². The highest BCUT2D eigenvalue weighted by Gasteiger charge is 2.14. The third-order valence-electron chi connectivity index (χ3n) is 4.12. The van der Waals surface area contributed by atoms with Crippen molar-refractivity contribution < 1.29 is 18.0 Å². The van der Waals surface area contributed by atoms with Crippen molar-refractivity contribution >= 4 is 21.7 Å². The van der Waals surface area contributed by atoms with Crippen molar-refractivity contribution in [2.45, 2.75) is 64.7 Å². The summed E-state index contributed by atoms with van der Waals surface area (Å²) in [6.07, 6.45) is 33.9. The van der Waals surface area contributed by atoms with Gasteiger partial charge in [0.25, 0.3) is 0 Å². The SMILES string of the molecule is C#CCCCS(=O)(=O)NC(=O)CCC(=O)/C=C/C=C\C/C=C\C/C=C\C/C=C\C/C=C\CC. The summed E-state index contributed by atoms with van der Waals surface area (Å²) in [6, 6.07) is 0. The second-order valence-electron chi connectivity index (χ2n) is 7.14. The number of nitrogens with one attached hydrogen (secondary N) is 1. The van der Waals surface area contributed by atoms with Crippen LogP contribution in [-0.4, -0.2) is 25.9 Å². The van der Waals surface area contributed by atoms with Gasteiger partial charge in [0.05, 0.1) is 5.75 Å². The van der Waals surface area contributed by atoms with Crippen LogP contribution in [0.5, 0.6) is 0 Å². The van der Waals surface area contributed by atoms with Gasteiger partial charge >= 0.3 is 0 Å². The van der Waals surface area contributed by atoms with Crippen molar-refractivity contribution in [3.05, 3.63) is 72.9 Å². The topological polar surface area (TPSA) is 80.3 Å². The minimum Gasteiger partial charge on any atom is -0.295 e. The van der Waals surface area contributed by atoms with Gasteiger partial charge in [0.15, 0.2) is 5.78 Å². The van der Waals surface area contributed by atoms with E-state index in [-0.39, 0.29) is 30.8 Å². The van der Waals surface area contributed by atoms with Crippen molar-refractivity contribution in [1.29, 1.82) is 0 Å². The molecule has 0 aromatic rings. The van der Waals surface area contributed by atoms with Crippen molar-refractivity contribution in [2.75, 3.05) is 5.75 Å². The average molecular weight is 472 g/mol. The highest BCUT2D eigenvalue weighted by molar-refractivity contribution is 7.90. The first-order valence-corrected chi connectivity index (χ1v) is 13.0. The van der Waals surface area contributed by atoms with Crippen molar-refractivity contribution in [2.24, 2.45) is 0 Å². The quantitative estimate of drug-likeness (QED) is 0.0941. The molecule has 0 spiro atoms. The van der Waals surface area contributed by atoms with Crippen LogP contribution >= 0.6 is 0 Å². The molecule has 1 N–H and O–H groups in total. The molecule has 0 aliphatic carbocycles. The summed E-state index contributed by atoms with van der Waals surface area (Å²) in [7, 11) is -3.70. The average Bonchev–Trinajstić information content (AvgIpc) is 2.77. The van der Waals surface area contributed by atoms with Gasteiger partial charge in [-0.25, -0.2) is 8.42 Å². The molecule has 6 heteroatoms. The van der Waals surface area contributed by atoms with Crippen LogP contribution in [0.15, 0.2) is 72.9 Å². The Hall–Kier alpha value is -2.91. The number of rotatable bonds is 18. The predicted octanol–water partition coefficient (Wildman–Crippen LogP) is 5.50. The summed E-state index contributed by atoms with van der Waals surface area (Å²) in [5, 5.41) is 0. The Labute approximate surface area is 200 Å². The monoisotopic (exact) mass is 471 g/mol. The lowest BCUT2D eigenvalue weighted by Gasteiger charge is -2.05. The minimum atomic E-state index is -3.70. The molecular weight excluding hydrogens is 434 g/mol. The van der Waals surface area contributed by atoms with E-state index in [9.17, 15) is 18.0 Å². The molecule has 5 nitrogen and oxygen atoms in total. The van der Waals surface area contributed by atoms with Gasteiger partial charge in [0.1, 0.15) is 0 Å². The van der Waals surface area contributed by atoms with Gasteiger partial charge in [-0.1, -0.05) is 73.8 Å². The van der Waals surface area contributed by atoms with Crippen LogP contribution in [0.1, 0.15) is 64.7 Å². The number of unbranched alkanes of at least 4 members (excludes halogenated alkanes) is 1.